The van der Waals surface area contributed by atoms with Crippen molar-refractivity contribution in [3.05, 3.63) is 28.7 Å². The van der Waals surface area contributed by atoms with Crippen LogP contribution in [0, 0.1) is 4.91 Å². The molecule has 0 unspecified atom stereocenters. The molecule has 0 heterocycles. The van der Waals surface area contributed by atoms with E-state index >= 15 is 0 Å². The van der Waals surface area contributed by atoms with Crippen molar-refractivity contribution in [3.63, 3.8) is 0 Å². The van der Waals surface area contributed by atoms with E-state index in [9.17, 15) is 14.8 Å². The lowest BCUT2D eigenvalue weighted by Gasteiger charge is -2.03. The summed E-state index contributed by atoms with van der Waals surface area (Å²) in [4.78, 5) is 20.5. The van der Waals surface area contributed by atoms with E-state index in [0.29, 0.717) is 17.1 Å². The molecule has 2 N–H and O–H groups in total. The quantitative estimate of drug-likeness (QED) is 0.590. The molecular formula is C10H11NO4S. The summed E-state index contributed by atoms with van der Waals surface area (Å²) in [5, 5.41) is 20.7. The Morgan fingerprint density at radius 3 is 2.81 bits per heavy atom. The van der Waals surface area contributed by atoms with Crippen molar-refractivity contribution < 1.29 is 15.0 Å². The summed E-state index contributed by atoms with van der Waals surface area (Å²) in [5.74, 6) is 0.172. The van der Waals surface area contributed by atoms with Gasteiger partial charge in [0.15, 0.2) is 0 Å². The number of nitrogens with zero attached hydrogens (tertiary/aromatic N) is 1. The molecule has 0 aromatic heterocycles. The number of phenolic OH excluding ortho intramolecular Hbond substituents is 1. The second-order valence-electron chi connectivity index (χ2n) is 3.10. The summed E-state index contributed by atoms with van der Waals surface area (Å²) in [5.41, 5.74) is 0.846. The van der Waals surface area contributed by atoms with Gasteiger partial charge in [0.25, 0.3) is 0 Å². The van der Waals surface area contributed by atoms with Crippen molar-refractivity contribution >= 4 is 23.4 Å². The van der Waals surface area contributed by atoms with E-state index in [-0.39, 0.29) is 17.9 Å². The Kier molecular flexibility index (Phi) is 4.78. The summed E-state index contributed by atoms with van der Waals surface area (Å²) in [6, 6.07) is 4.33. The highest BCUT2D eigenvalue weighted by atomic mass is 32.2. The third-order valence-electron chi connectivity index (χ3n) is 1.89. The first-order valence-corrected chi connectivity index (χ1v) is 5.73. The smallest absolute Gasteiger partial charge is 0.304 e. The molecule has 0 aliphatic carbocycles. The summed E-state index contributed by atoms with van der Waals surface area (Å²) < 4.78 is 0. The van der Waals surface area contributed by atoms with E-state index in [1.54, 1.807) is 0 Å². The molecule has 1 aromatic carbocycles. The van der Waals surface area contributed by atoms with Crippen molar-refractivity contribution in [2.45, 2.75) is 12.2 Å². The average Bonchev–Trinajstić information content (AvgIpc) is 2.26. The highest BCUT2D eigenvalue weighted by Crippen LogP contribution is 2.26. The highest BCUT2D eigenvalue weighted by Gasteiger charge is 2.04. The summed E-state index contributed by atoms with van der Waals surface area (Å²) in [7, 11) is 0. The molecule has 86 valence electrons. The van der Waals surface area contributed by atoms with Crippen LogP contribution in [0.4, 0.5) is 5.69 Å². The number of carbonyl (C=O) groups is 1. The van der Waals surface area contributed by atoms with Crippen LogP contribution in [0.3, 0.4) is 0 Å². The molecule has 0 aliphatic rings. The normalized spacial score (nSPS) is 10.0. The summed E-state index contributed by atoms with van der Waals surface area (Å²) in [6.45, 7) is 0. The number of benzene rings is 1. The van der Waals surface area contributed by atoms with Crippen LogP contribution in [-0.4, -0.2) is 21.9 Å². The number of hydrogen-bond acceptors (Lipinski definition) is 5. The van der Waals surface area contributed by atoms with Crippen LogP contribution in [0.1, 0.15) is 12.0 Å². The van der Waals surface area contributed by atoms with Gasteiger partial charge in [-0.25, -0.2) is 0 Å². The summed E-state index contributed by atoms with van der Waals surface area (Å²) in [6.07, 6.45) is 0.0804. The Morgan fingerprint density at radius 1 is 1.44 bits per heavy atom. The van der Waals surface area contributed by atoms with Gasteiger partial charge < -0.3 is 10.2 Å². The zero-order chi connectivity index (χ0) is 12.0. The number of carboxylic acids is 1. The molecule has 1 rings (SSSR count). The maximum absolute atomic E-state index is 10.3. The Balaban J connectivity index is 2.52. The molecule has 0 saturated heterocycles. The van der Waals surface area contributed by atoms with Gasteiger partial charge in [-0.2, -0.15) is 11.8 Å². The SMILES string of the molecule is O=Nc1ccc(O)c(CSCCC(=O)O)c1. The minimum Gasteiger partial charge on any atom is -0.508 e. The fourth-order valence-corrected chi connectivity index (χ4v) is 2.00. The van der Waals surface area contributed by atoms with Crippen LogP contribution in [0.5, 0.6) is 5.75 Å². The van der Waals surface area contributed by atoms with Gasteiger partial charge in [0, 0.05) is 17.1 Å². The lowest BCUT2D eigenvalue weighted by atomic mass is 10.2. The van der Waals surface area contributed by atoms with Crippen LogP contribution >= 0.6 is 11.8 Å². The predicted molar refractivity (Wildman–Crippen MR) is 62.0 cm³/mol. The number of nitroso groups, excluding NO2 is 1. The van der Waals surface area contributed by atoms with E-state index < -0.39 is 5.97 Å². The minimum atomic E-state index is -0.847. The lowest BCUT2D eigenvalue weighted by Crippen LogP contribution is -1.96. The van der Waals surface area contributed by atoms with Gasteiger partial charge in [-0.3, -0.25) is 4.79 Å². The Bertz CT molecular complexity index is 394. The van der Waals surface area contributed by atoms with E-state index in [1.165, 1.54) is 30.0 Å². The van der Waals surface area contributed by atoms with Crippen molar-refractivity contribution in [2.75, 3.05) is 5.75 Å². The maximum atomic E-state index is 10.3. The molecule has 0 radical (unpaired) electrons. The zero-order valence-corrected chi connectivity index (χ0v) is 9.24. The molecule has 16 heavy (non-hydrogen) atoms. The second-order valence-corrected chi connectivity index (χ2v) is 4.21. The van der Waals surface area contributed by atoms with Crippen molar-refractivity contribution in [2.24, 2.45) is 5.18 Å². The van der Waals surface area contributed by atoms with E-state index in [2.05, 4.69) is 5.18 Å². The van der Waals surface area contributed by atoms with Gasteiger partial charge in [0.2, 0.25) is 0 Å². The molecule has 5 nitrogen and oxygen atoms in total. The molecule has 0 bridgehead atoms. The first-order valence-electron chi connectivity index (χ1n) is 4.58. The molecule has 0 fully saturated rings. The molecule has 0 atom stereocenters. The van der Waals surface area contributed by atoms with E-state index in [0.717, 1.165) is 0 Å². The molecule has 0 saturated carbocycles. The predicted octanol–water partition coefficient (Wildman–Crippen LogP) is 2.50. The second kappa shape index (κ2) is 6.12. The maximum Gasteiger partial charge on any atom is 0.304 e. The van der Waals surface area contributed by atoms with Crippen LogP contribution in [-0.2, 0) is 10.5 Å². The molecular weight excluding hydrogens is 230 g/mol. The summed E-state index contributed by atoms with van der Waals surface area (Å²) >= 11 is 1.38. The topological polar surface area (TPSA) is 87.0 Å². The third-order valence-corrected chi connectivity index (χ3v) is 2.89. The monoisotopic (exact) mass is 241 g/mol. The average molecular weight is 241 g/mol. The fraction of sp³-hybridized carbons (Fsp3) is 0.300. The van der Waals surface area contributed by atoms with Gasteiger partial charge in [0.1, 0.15) is 11.4 Å². The third kappa shape index (κ3) is 3.90. The number of aliphatic carboxylic acids is 1. The minimum absolute atomic E-state index is 0.0804. The van der Waals surface area contributed by atoms with Gasteiger partial charge >= 0.3 is 5.97 Å². The number of aromatic hydroxyl groups is 1. The zero-order valence-electron chi connectivity index (χ0n) is 8.42. The van der Waals surface area contributed by atoms with Crippen LogP contribution < -0.4 is 0 Å². The largest absolute Gasteiger partial charge is 0.508 e. The van der Waals surface area contributed by atoms with Gasteiger partial charge in [-0.05, 0) is 23.4 Å². The number of carboxylic acid groups (broad SMARTS) is 1. The van der Waals surface area contributed by atoms with Crippen molar-refractivity contribution in [1.82, 2.24) is 0 Å². The molecule has 1 aromatic rings. The van der Waals surface area contributed by atoms with Crippen LogP contribution in [0.15, 0.2) is 23.4 Å². The van der Waals surface area contributed by atoms with E-state index in [4.69, 9.17) is 5.11 Å². The van der Waals surface area contributed by atoms with Crippen molar-refractivity contribution in [3.8, 4) is 5.75 Å². The lowest BCUT2D eigenvalue weighted by molar-refractivity contribution is -0.136. The fourth-order valence-electron chi connectivity index (χ4n) is 1.09. The van der Waals surface area contributed by atoms with Crippen molar-refractivity contribution in [1.29, 1.82) is 0 Å². The number of thioether (sulfide) groups is 1. The molecule has 0 aliphatic heterocycles. The number of hydrogen-bond donors (Lipinski definition) is 2. The highest BCUT2D eigenvalue weighted by molar-refractivity contribution is 7.98. The standard InChI is InChI=1S/C10H11NO4S/c12-9-2-1-8(11-15)5-7(9)6-16-4-3-10(13)14/h1-2,5,12H,3-4,6H2,(H,13,14). The molecule has 6 heteroatoms. The molecule has 0 spiro atoms. The first-order chi connectivity index (χ1) is 7.63. The van der Waals surface area contributed by atoms with E-state index in [1.807, 2.05) is 0 Å². The Labute approximate surface area is 96.5 Å². The van der Waals surface area contributed by atoms with Gasteiger partial charge in [-0.1, -0.05) is 0 Å². The molecule has 0 amide bonds. The van der Waals surface area contributed by atoms with Crippen LogP contribution in [0.25, 0.3) is 0 Å². The number of rotatable bonds is 6. The Hall–Kier alpha value is -1.56. The number of phenols is 1. The van der Waals surface area contributed by atoms with Gasteiger partial charge in [-0.15, -0.1) is 4.91 Å². The first kappa shape index (κ1) is 12.5. The Morgan fingerprint density at radius 2 is 2.19 bits per heavy atom. The van der Waals surface area contributed by atoms with Crippen LogP contribution in [0.2, 0.25) is 0 Å². The van der Waals surface area contributed by atoms with Gasteiger partial charge in [0.05, 0.1) is 6.42 Å².